The van der Waals surface area contributed by atoms with E-state index in [1.54, 1.807) is 0 Å². The number of rotatable bonds is 6. The van der Waals surface area contributed by atoms with Gasteiger partial charge in [-0.15, -0.1) is 0 Å². The van der Waals surface area contributed by atoms with Crippen LogP contribution in [0.3, 0.4) is 0 Å². The number of likely N-dealkylation sites (tertiary alicyclic amines) is 1. The van der Waals surface area contributed by atoms with Crippen LogP contribution >= 0.6 is 0 Å². The van der Waals surface area contributed by atoms with Gasteiger partial charge in [0.05, 0.1) is 18.0 Å². The molecule has 130 valence electrons. The van der Waals surface area contributed by atoms with Crippen molar-refractivity contribution >= 4 is 28.7 Å². The highest BCUT2D eigenvalue weighted by Crippen LogP contribution is 2.34. The van der Waals surface area contributed by atoms with E-state index in [4.69, 9.17) is 0 Å². The van der Waals surface area contributed by atoms with Crippen LogP contribution in [0.15, 0.2) is 48.5 Å². The first-order valence-electron chi connectivity index (χ1n) is 9.02. The number of fused-ring (bicyclic) bond motifs is 1. The molecule has 4 rings (SSSR count). The largest absolute Gasteiger partial charge is 0.366 e. The summed E-state index contributed by atoms with van der Waals surface area (Å²) in [5.74, 6) is 0.316. The standard InChI is InChI=1S/C20H24N4O/c25-20-8-4-11-23(20)12-5-13-24-15-21-18-14-17(9-10-19(18)24)22-16-6-2-1-3-7-16/h1-3,6-7,9-10,14,21-22H,4-5,8,11-13,15H2. The summed E-state index contributed by atoms with van der Waals surface area (Å²) in [6.45, 7) is 3.60. The number of benzene rings is 2. The molecule has 0 saturated carbocycles. The first kappa shape index (κ1) is 15.8. The van der Waals surface area contributed by atoms with Crippen molar-refractivity contribution in [1.82, 2.24) is 4.90 Å². The molecule has 0 unspecified atom stereocenters. The molecule has 2 heterocycles. The zero-order chi connectivity index (χ0) is 17.1. The van der Waals surface area contributed by atoms with E-state index in [0.29, 0.717) is 5.91 Å². The molecule has 2 aliphatic heterocycles. The van der Waals surface area contributed by atoms with Gasteiger partial charge in [-0.1, -0.05) is 18.2 Å². The molecule has 1 fully saturated rings. The monoisotopic (exact) mass is 336 g/mol. The molecular weight excluding hydrogens is 312 g/mol. The number of carbonyl (C=O) groups is 1. The lowest BCUT2D eigenvalue weighted by Gasteiger charge is -2.21. The molecule has 0 aromatic heterocycles. The molecule has 2 N–H and O–H groups in total. The molecule has 1 amide bonds. The zero-order valence-electron chi connectivity index (χ0n) is 14.4. The van der Waals surface area contributed by atoms with Crippen molar-refractivity contribution in [1.29, 1.82) is 0 Å². The molecule has 0 bridgehead atoms. The highest BCUT2D eigenvalue weighted by atomic mass is 16.2. The highest BCUT2D eigenvalue weighted by Gasteiger charge is 2.21. The molecule has 5 nitrogen and oxygen atoms in total. The minimum atomic E-state index is 0.316. The number of hydrogen-bond acceptors (Lipinski definition) is 4. The summed E-state index contributed by atoms with van der Waals surface area (Å²) in [6.07, 6.45) is 2.76. The van der Waals surface area contributed by atoms with Crippen molar-refractivity contribution < 1.29 is 4.79 Å². The van der Waals surface area contributed by atoms with E-state index < -0.39 is 0 Å². The van der Waals surface area contributed by atoms with Crippen molar-refractivity contribution in [2.75, 3.05) is 41.8 Å². The van der Waals surface area contributed by atoms with Gasteiger partial charge in [0.15, 0.2) is 0 Å². The van der Waals surface area contributed by atoms with Crippen LogP contribution < -0.4 is 15.5 Å². The average Bonchev–Trinajstić information content (AvgIpc) is 3.22. The minimum Gasteiger partial charge on any atom is -0.366 e. The summed E-state index contributed by atoms with van der Waals surface area (Å²) in [6, 6.07) is 16.6. The number of carbonyl (C=O) groups excluding carboxylic acids is 1. The predicted octanol–water partition coefficient (Wildman–Crippen LogP) is 3.63. The van der Waals surface area contributed by atoms with Gasteiger partial charge in [0, 0.05) is 37.4 Å². The maximum absolute atomic E-state index is 11.7. The second-order valence-corrected chi connectivity index (χ2v) is 6.66. The summed E-state index contributed by atoms with van der Waals surface area (Å²) in [5, 5.41) is 6.90. The Kier molecular flexibility index (Phi) is 4.46. The number of para-hydroxylation sites is 1. The van der Waals surface area contributed by atoms with Crippen LogP contribution in [-0.2, 0) is 4.79 Å². The van der Waals surface area contributed by atoms with Gasteiger partial charge in [-0.2, -0.15) is 0 Å². The van der Waals surface area contributed by atoms with Crippen LogP contribution in [0.4, 0.5) is 22.7 Å². The van der Waals surface area contributed by atoms with Gasteiger partial charge in [-0.3, -0.25) is 4.79 Å². The van der Waals surface area contributed by atoms with Crippen LogP contribution in [0.5, 0.6) is 0 Å². The molecule has 2 aliphatic rings. The molecule has 0 aliphatic carbocycles. The summed E-state index contributed by atoms with van der Waals surface area (Å²) in [4.78, 5) is 16.0. The van der Waals surface area contributed by atoms with E-state index in [-0.39, 0.29) is 0 Å². The molecule has 25 heavy (non-hydrogen) atoms. The quantitative estimate of drug-likeness (QED) is 0.846. The lowest BCUT2D eigenvalue weighted by atomic mass is 10.2. The van der Waals surface area contributed by atoms with Crippen molar-refractivity contribution in [3.05, 3.63) is 48.5 Å². The van der Waals surface area contributed by atoms with Gasteiger partial charge in [-0.05, 0) is 43.2 Å². The smallest absolute Gasteiger partial charge is 0.222 e. The Labute approximate surface area is 148 Å². The lowest BCUT2D eigenvalue weighted by Crippen LogP contribution is -2.30. The summed E-state index contributed by atoms with van der Waals surface area (Å²) >= 11 is 0. The molecular formula is C20H24N4O. The topological polar surface area (TPSA) is 47.6 Å². The summed E-state index contributed by atoms with van der Waals surface area (Å²) in [5.41, 5.74) is 4.58. The number of hydrogen-bond donors (Lipinski definition) is 2. The van der Waals surface area contributed by atoms with E-state index in [1.165, 1.54) is 5.69 Å². The van der Waals surface area contributed by atoms with Gasteiger partial charge in [-0.25, -0.2) is 0 Å². The Morgan fingerprint density at radius 1 is 1.00 bits per heavy atom. The van der Waals surface area contributed by atoms with Gasteiger partial charge >= 0.3 is 0 Å². The maximum Gasteiger partial charge on any atom is 0.222 e. The van der Waals surface area contributed by atoms with Crippen LogP contribution in [0.1, 0.15) is 19.3 Å². The van der Waals surface area contributed by atoms with E-state index in [0.717, 1.165) is 62.6 Å². The Hall–Kier alpha value is -2.69. The predicted molar refractivity (Wildman–Crippen MR) is 102 cm³/mol. The fourth-order valence-electron chi connectivity index (χ4n) is 3.58. The first-order valence-corrected chi connectivity index (χ1v) is 9.02. The fourth-order valence-corrected chi connectivity index (χ4v) is 3.58. The van der Waals surface area contributed by atoms with E-state index in [1.807, 2.05) is 23.1 Å². The average molecular weight is 336 g/mol. The molecule has 1 saturated heterocycles. The van der Waals surface area contributed by atoms with E-state index in [2.05, 4.69) is 45.9 Å². The second kappa shape index (κ2) is 7.05. The Bertz CT molecular complexity index is 747. The number of amides is 1. The van der Waals surface area contributed by atoms with Crippen molar-refractivity contribution in [3.8, 4) is 0 Å². The zero-order valence-corrected chi connectivity index (χ0v) is 14.4. The maximum atomic E-state index is 11.7. The van der Waals surface area contributed by atoms with Gasteiger partial charge in [0.1, 0.15) is 0 Å². The Balaban J connectivity index is 1.35. The number of nitrogens with one attached hydrogen (secondary N) is 2. The normalized spacial score (nSPS) is 16.1. The number of nitrogens with zero attached hydrogens (tertiary/aromatic N) is 2. The summed E-state index contributed by atoms with van der Waals surface area (Å²) < 4.78 is 0. The number of anilines is 4. The van der Waals surface area contributed by atoms with E-state index >= 15 is 0 Å². The third-order valence-corrected chi connectivity index (χ3v) is 4.89. The third kappa shape index (κ3) is 3.55. The minimum absolute atomic E-state index is 0.316. The van der Waals surface area contributed by atoms with Crippen LogP contribution in [-0.4, -0.2) is 37.1 Å². The lowest BCUT2D eigenvalue weighted by molar-refractivity contribution is -0.127. The molecule has 0 radical (unpaired) electrons. The fraction of sp³-hybridized carbons (Fsp3) is 0.350. The molecule has 0 spiro atoms. The molecule has 5 heteroatoms. The first-order chi connectivity index (χ1) is 12.3. The highest BCUT2D eigenvalue weighted by molar-refractivity contribution is 5.80. The molecule has 2 aromatic rings. The van der Waals surface area contributed by atoms with Crippen molar-refractivity contribution in [2.45, 2.75) is 19.3 Å². The van der Waals surface area contributed by atoms with Gasteiger partial charge in [0.25, 0.3) is 0 Å². The summed E-state index contributed by atoms with van der Waals surface area (Å²) in [7, 11) is 0. The van der Waals surface area contributed by atoms with Crippen LogP contribution in [0.2, 0.25) is 0 Å². The van der Waals surface area contributed by atoms with Crippen LogP contribution in [0, 0.1) is 0 Å². The Morgan fingerprint density at radius 3 is 2.64 bits per heavy atom. The molecule has 0 atom stereocenters. The Morgan fingerprint density at radius 2 is 1.84 bits per heavy atom. The van der Waals surface area contributed by atoms with Crippen molar-refractivity contribution in [2.24, 2.45) is 0 Å². The SMILES string of the molecule is O=C1CCCN1CCCN1CNc2cc(Nc3ccccc3)ccc21. The second-order valence-electron chi connectivity index (χ2n) is 6.66. The van der Waals surface area contributed by atoms with E-state index in [9.17, 15) is 4.79 Å². The molecule has 2 aromatic carbocycles. The van der Waals surface area contributed by atoms with Gasteiger partial charge < -0.3 is 20.4 Å². The van der Waals surface area contributed by atoms with Gasteiger partial charge in [0.2, 0.25) is 5.91 Å². The van der Waals surface area contributed by atoms with Crippen LogP contribution in [0.25, 0.3) is 0 Å². The third-order valence-electron chi connectivity index (χ3n) is 4.89. The van der Waals surface area contributed by atoms with Crippen molar-refractivity contribution in [3.63, 3.8) is 0 Å².